The van der Waals surface area contributed by atoms with Crippen LogP contribution in [0.1, 0.15) is 69.9 Å². The predicted molar refractivity (Wildman–Crippen MR) is 135 cm³/mol. The number of unbranched alkanes of at least 4 members (excludes halogenated alkanes) is 2. The van der Waals surface area contributed by atoms with Gasteiger partial charge in [0.1, 0.15) is 11.5 Å². The first-order valence-electron chi connectivity index (χ1n) is 12.6. The van der Waals surface area contributed by atoms with Gasteiger partial charge >= 0.3 is 5.97 Å². The molecule has 0 amide bonds. The number of ether oxygens (including phenoxy) is 1. The molecule has 33 heavy (non-hydrogen) atoms. The minimum absolute atomic E-state index is 0.0348. The van der Waals surface area contributed by atoms with Crippen LogP contribution in [0.2, 0.25) is 0 Å². The predicted octanol–water partition coefficient (Wildman–Crippen LogP) is 5.29. The van der Waals surface area contributed by atoms with Crippen LogP contribution in [0.25, 0.3) is 0 Å². The fraction of sp³-hybridized carbons (Fsp3) is 0.607. The van der Waals surface area contributed by atoms with E-state index < -0.39 is 0 Å². The van der Waals surface area contributed by atoms with Gasteiger partial charge in [0.25, 0.3) is 0 Å². The van der Waals surface area contributed by atoms with E-state index in [4.69, 9.17) is 4.74 Å². The molecule has 1 fully saturated rings. The zero-order valence-corrected chi connectivity index (χ0v) is 21.0. The Morgan fingerprint density at radius 1 is 1.21 bits per heavy atom. The second-order valence-corrected chi connectivity index (χ2v) is 10.1. The van der Waals surface area contributed by atoms with Gasteiger partial charge in [-0.15, -0.1) is 0 Å². The van der Waals surface area contributed by atoms with Crippen molar-refractivity contribution in [1.82, 2.24) is 9.80 Å². The third kappa shape index (κ3) is 6.94. The third-order valence-corrected chi connectivity index (χ3v) is 7.13. The lowest BCUT2D eigenvalue weighted by Gasteiger charge is -2.33. The van der Waals surface area contributed by atoms with Crippen LogP contribution in [0.3, 0.4) is 0 Å². The lowest BCUT2D eigenvalue weighted by atomic mass is 9.73. The number of aryl methyl sites for hydroxylation is 1. The summed E-state index contributed by atoms with van der Waals surface area (Å²) in [4.78, 5) is 17.4. The molecule has 0 unspecified atom stereocenters. The second kappa shape index (κ2) is 11.8. The van der Waals surface area contributed by atoms with Crippen molar-refractivity contribution in [3.63, 3.8) is 0 Å². The Morgan fingerprint density at radius 3 is 2.61 bits per heavy atom. The van der Waals surface area contributed by atoms with Gasteiger partial charge in [-0.2, -0.15) is 0 Å². The molecule has 2 atom stereocenters. The molecular weight excluding hydrogens is 412 g/mol. The fourth-order valence-corrected chi connectivity index (χ4v) is 5.06. The summed E-state index contributed by atoms with van der Waals surface area (Å²) in [5, 5.41) is 11.2. The van der Waals surface area contributed by atoms with Gasteiger partial charge in [-0.05, 0) is 70.2 Å². The van der Waals surface area contributed by atoms with Crippen LogP contribution >= 0.6 is 0 Å². The van der Waals surface area contributed by atoms with E-state index in [0.717, 1.165) is 81.4 Å². The first-order valence-corrected chi connectivity index (χ1v) is 12.6. The Bertz CT molecular complexity index is 868. The van der Waals surface area contributed by atoms with Crippen molar-refractivity contribution in [2.45, 2.75) is 65.2 Å². The molecule has 0 saturated carbocycles. The molecule has 1 heterocycles. The summed E-state index contributed by atoms with van der Waals surface area (Å²) in [6, 6.07) is 3.86. The first-order chi connectivity index (χ1) is 15.8. The summed E-state index contributed by atoms with van der Waals surface area (Å²) in [5.74, 6) is 0.679. The molecule has 2 aliphatic rings. The number of allylic oxidation sites excluding steroid dienone is 3. The van der Waals surface area contributed by atoms with Gasteiger partial charge in [0.15, 0.2) is 0 Å². The summed E-state index contributed by atoms with van der Waals surface area (Å²) < 4.78 is 6.01. The largest absolute Gasteiger partial charge is 0.507 e. The first kappa shape index (κ1) is 25.5. The highest BCUT2D eigenvalue weighted by molar-refractivity contribution is 5.75. The van der Waals surface area contributed by atoms with Crippen molar-refractivity contribution >= 4 is 5.97 Å². The van der Waals surface area contributed by atoms with E-state index in [-0.39, 0.29) is 30.1 Å². The number of nitrogens with zero attached hydrogens (tertiary/aromatic N) is 2. The lowest BCUT2D eigenvalue weighted by Crippen LogP contribution is -2.46. The van der Waals surface area contributed by atoms with Gasteiger partial charge in [-0.1, -0.05) is 43.6 Å². The molecule has 3 rings (SSSR count). The number of carbonyl (C=O) groups is 1. The van der Waals surface area contributed by atoms with Crippen molar-refractivity contribution in [2.75, 3.05) is 39.8 Å². The van der Waals surface area contributed by atoms with Crippen molar-refractivity contribution in [3.05, 3.63) is 47.1 Å². The van der Waals surface area contributed by atoms with Crippen LogP contribution < -0.4 is 4.74 Å². The number of benzene rings is 1. The topological polar surface area (TPSA) is 53.0 Å². The molecular formula is C28H42N2O3. The van der Waals surface area contributed by atoms with Crippen LogP contribution in [0.4, 0.5) is 0 Å². The maximum Gasteiger partial charge on any atom is 0.325 e. The lowest BCUT2D eigenvalue weighted by molar-refractivity contribution is -0.136. The van der Waals surface area contributed by atoms with Gasteiger partial charge in [0, 0.05) is 37.7 Å². The van der Waals surface area contributed by atoms with E-state index in [1.807, 2.05) is 12.1 Å². The number of phenols is 1. The van der Waals surface area contributed by atoms with E-state index in [1.54, 1.807) is 0 Å². The van der Waals surface area contributed by atoms with Crippen LogP contribution in [0, 0.1) is 5.92 Å². The maximum absolute atomic E-state index is 13.0. The van der Waals surface area contributed by atoms with Gasteiger partial charge in [0.2, 0.25) is 0 Å². The molecule has 5 heteroatoms. The summed E-state index contributed by atoms with van der Waals surface area (Å²) in [6.45, 7) is 14.5. The molecule has 1 aromatic rings. The Morgan fingerprint density at radius 2 is 1.94 bits per heavy atom. The molecule has 1 saturated heterocycles. The Labute approximate surface area is 200 Å². The van der Waals surface area contributed by atoms with Crippen molar-refractivity contribution in [1.29, 1.82) is 0 Å². The highest BCUT2D eigenvalue weighted by Crippen LogP contribution is 2.47. The molecule has 1 aliphatic heterocycles. The SMILES string of the molecule is C=C(C)[C@@H]1CCC(C)=C[C@H]1c1c(O)cc(CCCCC)cc1OC(=O)CN1CCN(C)CC1. The smallest absolute Gasteiger partial charge is 0.325 e. The van der Waals surface area contributed by atoms with Gasteiger partial charge in [-0.25, -0.2) is 0 Å². The average Bonchev–Trinajstić information content (AvgIpc) is 2.75. The van der Waals surface area contributed by atoms with Crippen molar-refractivity contribution in [2.24, 2.45) is 5.92 Å². The molecule has 1 N–H and O–H groups in total. The monoisotopic (exact) mass is 454 g/mol. The number of esters is 1. The third-order valence-electron chi connectivity index (χ3n) is 7.13. The second-order valence-electron chi connectivity index (χ2n) is 10.1. The number of phenolic OH excluding ortho intramolecular Hbond substituents is 1. The molecule has 1 aliphatic carbocycles. The van der Waals surface area contributed by atoms with Crippen LogP contribution in [-0.2, 0) is 11.2 Å². The Balaban J connectivity index is 1.90. The van der Waals surface area contributed by atoms with E-state index in [0.29, 0.717) is 5.75 Å². The van der Waals surface area contributed by atoms with Gasteiger partial charge in [0.05, 0.1) is 6.54 Å². The van der Waals surface area contributed by atoms with Crippen molar-refractivity contribution in [3.8, 4) is 11.5 Å². The average molecular weight is 455 g/mol. The number of hydrogen-bond donors (Lipinski definition) is 1. The van der Waals surface area contributed by atoms with E-state index in [2.05, 4.69) is 50.3 Å². The number of aromatic hydroxyl groups is 1. The normalized spacial score (nSPS) is 22.1. The van der Waals surface area contributed by atoms with Gasteiger partial charge in [-0.3, -0.25) is 9.69 Å². The summed E-state index contributed by atoms with van der Waals surface area (Å²) in [7, 11) is 2.10. The Hall–Kier alpha value is -2.11. The summed E-state index contributed by atoms with van der Waals surface area (Å²) >= 11 is 0. The highest BCUT2D eigenvalue weighted by atomic mass is 16.5. The quantitative estimate of drug-likeness (QED) is 0.238. The summed E-state index contributed by atoms with van der Waals surface area (Å²) in [5.41, 5.74) is 4.16. The Kier molecular flexibility index (Phi) is 9.16. The van der Waals surface area contributed by atoms with E-state index in [9.17, 15) is 9.90 Å². The zero-order chi connectivity index (χ0) is 24.0. The summed E-state index contributed by atoms with van der Waals surface area (Å²) in [6.07, 6.45) is 8.46. The number of piperazine rings is 1. The minimum Gasteiger partial charge on any atom is -0.507 e. The molecule has 1 aromatic carbocycles. The molecule has 0 spiro atoms. The van der Waals surface area contributed by atoms with Crippen LogP contribution in [0.5, 0.6) is 11.5 Å². The van der Waals surface area contributed by atoms with Crippen LogP contribution in [0.15, 0.2) is 35.9 Å². The molecule has 5 nitrogen and oxygen atoms in total. The molecule has 182 valence electrons. The molecule has 0 bridgehead atoms. The molecule has 0 aromatic heterocycles. The fourth-order valence-electron chi connectivity index (χ4n) is 5.06. The zero-order valence-electron chi connectivity index (χ0n) is 21.0. The standard InChI is InChI=1S/C28H42N2O3/c1-6-7-8-9-22-17-25(31)28(24-16-21(4)10-11-23(24)20(2)3)26(18-22)33-27(32)19-30-14-12-29(5)13-15-30/h16-18,23-24,31H,2,6-15,19H2,1,3-5H3/t23-,24+/m0/s1. The number of carbonyl (C=O) groups excluding carboxylic acids is 1. The minimum atomic E-state index is -0.255. The van der Waals surface area contributed by atoms with E-state index in [1.165, 1.54) is 5.57 Å². The van der Waals surface area contributed by atoms with Gasteiger partial charge < -0.3 is 14.7 Å². The molecule has 0 radical (unpaired) electrons. The number of likely N-dealkylation sites (N-methyl/N-ethyl adjacent to an activating group) is 1. The number of rotatable bonds is 9. The highest BCUT2D eigenvalue weighted by Gasteiger charge is 2.31. The number of hydrogen-bond acceptors (Lipinski definition) is 5. The maximum atomic E-state index is 13.0. The van der Waals surface area contributed by atoms with Crippen LogP contribution in [-0.4, -0.2) is 60.6 Å². The van der Waals surface area contributed by atoms with E-state index >= 15 is 0 Å². The van der Waals surface area contributed by atoms with Crippen molar-refractivity contribution < 1.29 is 14.6 Å².